The number of rotatable bonds is 5. The van der Waals surface area contributed by atoms with Gasteiger partial charge in [-0.05, 0) is 19.3 Å². The van der Waals surface area contributed by atoms with E-state index in [-0.39, 0.29) is 17.4 Å². The van der Waals surface area contributed by atoms with E-state index in [2.05, 4.69) is 4.98 Å². The van der Waals surface area contributed by atoms with Crippen molar-refractivity contribution >= 4 is 27.3 Å². The van der Waals surface area contributed by atoms with Crippen molar-refractivity contribution < 1.29 is 18.3 Å². The van der Waals surface area contributed by atoms with Crippen LogP contribution in [0.2, 0.25) is 0 Å². The summed E-state index contributed by atoms with van der Waals surface area (Å²) in [4.78, 5) is 14.9. The Morgan fingerprint density at radius 1 is 1.50 bits per heavy atom. The van der Waals surface area contributed by atoms with Crippen LogP contribution in [0, 0.1) is 0 Å². The molecule has 1 aromatic rings. The van der Waals surface area contributed by atoms with Crippen LogP contribution in [-0.2, 0) is 10.0 Å². The van der Waals surface area contributed by atoms with Gasteiger partial charge in [0.05, 0.1) is 10.8 Å². The molecule has 0 atom stereocenters. The maximum Gasteiger partial charge on any atom is 0.355 e. The summed E-state index contributed by atoms with van der Waals surface area (Å²) in [6, 6.07) is 0. The molecule has 8 heteroatoms. The Balaban J connectivity index is 1.98. The van der Waals surface area contributed by atoms with E-state index >= 15 is 0 Å². The molecule has 1 fully saturated rings. The first-order valence-electron chi connectivity index (χ1n) is 6.60. The van der Waals surface area contributed by atoms with Crippen LogP contribution in [-0.4, -0.2) is 47.6 Å². The van der Waals surface area contributed by atoms with E-state index in [1.807, 2.05) is 6.92 Å². The number of piperidine rings is 1. The molecule has 0 bridgehead atoms. The lowest BCUT2D eigenvalue weighted by atomic mass is 9.99. The van der Waals surface area contributed by atoms with Crippen molar-refractivity contribution in [3.63, 3.8) is 0 Å². The van der Waals surface area contributed by atoms with Crippen LogP contribution in [0.4, 0.5) is 0 Å². The van der Waals surface area contributed by atoms with Crippen LogP contribution in [0.1, 0.15) is 47.6 Å². The van der Waals surface area contributed by atoms with Gasteiger partial charge in [0.2, 0.25) is 10.0 Å². The van der Waals surface area contributed by atoms with Crippen LogP contribution in [0.3, 0.4) is 0 Å². The van der Waals surface area contributed by atoms with Gasteiger partial charge in [-0.1, -0.05) is 6.92 Å². The molecule has 112 valence electrons. The summed E-state index contributed by atoms with van der Waals surface area (Å²) in [5, 5.41) is 11.2. The van der Waals surface area contributed by atoms with Crippen LogP contribution >= 0.6 is 11.3 Å². The predicted octanol–water partition coefficient (Wildman–Crippen LogP) is 1.76. The fraction of sp³-hybridized carbons (Fsp3) is 0.667. The number of sulfonamides is 1. The van der Waals surface area contributed by atoms with Crippen molar-refractivity contribution in [1.82, 2.24) is 9.29 Å². The Labute approximate surface area is 122 Å². The minimum atomic E-state index is -3.13. The Hall–Kier alpha value is -0.990. The van der Waals surface area contributed by atoms with E-state index in [4.69, 9.17) is 5.11 Å². The number of nitrogens with zero attached hydrogens (tertiary/aromatic N) is 2. The van der Waals surface area contributed by atoms with Crippen molar-refractivity contribution in [2.75, 3.05) is 18.8 Å². The lowest BCUT2D eigenvalue weighted by Gasteiger charge is -2.30. The smallest absolute Gasteiger partial charge is 0.355 e. The fourth-order valence-corrected chi connectivity index (χ4v) is 4.85. The number of carboxylic acids is 1. The number of aromatic nitrogens is 1. The number of aromatic carboxylic acids is 1. The highest BCUT2D eigenvalue weighted by Gasteiger charge is 2.29. The Morgan fingerprint density at radius 3 is 2.65 bits per heavy atom. The number of carbonyl (C=O) groups is 1. The van der Waals surface area contributed by atoms with Crippen LogP contribution in [0.15, 0.2) is 5.38 Å². The first-order chi connectivity index (χ1) is 9.44. The molecule has 1 saturated heterocycles. The molecule has 0 aromatic carbocycles. The quantitative estimate of drug-likeness (QED) is 0.894. The molecule has 1 aliphatic rings. The number of carboxylic acid groups (broad SMARTS) is 1. The molecule has 1 aromatic heterocycles. The lowest BCUT2D eigenvalue weighted by Crippen LogP contribution is -2.39. The molecule has 20 heavy (non-hydrogen) atoms. The monoisotopic (exact) mass is 318 g/mol. The minimum absolute atomic E-state index is 0.0750. The third-order valence-electron chi connectivity index (χ3n) is 3.40. The van der Waals surface area contributed by atoms with Gasteiger partial charge in [0.1, 0.15) is 0 Å². The van der Waals surface area contributed by atoms with Crippen LogP contribution in [0.25, 0.3) is 0 Å². The summed E-state index contributed by atoms with van der Waals surface area (Å²) in [7, 11) is -3.13. The fourth-order valence-electron chi connectivity index (χ4n) is 2.34. The van der Waals surface area contributed by atoms with Crippen LogP contribution < -0.4 is 0 Å². The Kier molecular flexibility index (Phi) is 4.77. The minimum Gasteiger partial charge on any atom is -0.476 e. The van der Waals surface area contributed by atoms with Crippen molar-refractivity contribution in [3.05, 3.63) is 16.1 Å². The third kappa shape index (κ3) is 3.36. The molecule has 0 spiro atoms. The van der Waals surface area contributed by atoms with E-state index in [0.717, 1.165) is 5.01 Å². The van der Waals surface area contributed by atoms with Gasteiger partial charge in [-0.25, -0.2) is 22.5 Å². The van der Waals surface area contributed by atoms with Crippen molar-refractivity contribution in [2.45, 2.75) is 32.1 Å². The molecule has 0 aliphatic carbocycles. The predicted molar refractivity (Wildman–Crippen MR) is 76.7 cm³/mol. The highest BCUT2D eigenvalue weighted by atomic mass is 32.2. The Bertz CT molecular complexity index is 574. The van der Waals surface area contributed by atoms with Crippen molar-refractivity contribution in [2.24, 2.45) is 0 Å². The number of hydrogen-bond donors (Lipinski definition) is 1. The van der Waals surface area contributed by atoms with E-state index in [1.54, 1.807) is 4.31 Å². The van der Waals surface area contributed by atoms with Gasteiger partial charge in [-0.3, -0.25) is 0 Å². The van der Waals surface area contributed by atoms with Gasteiger partial charge in [0.15, 0.2) is 5.69 Å². The van der Waals surface area contributed by atoms with E-state index in [1.165, 1.54) is 16.7 Å². The standard InChI is InChI=1S/C12H18N2O4S2/c1-2-7-20(17,18)14-5-3-9(4-6-14)11-13-10(8-19-11)12(15)16/h8-9H,2-7H2,1H3,(H,15,16). The molecule has 0 amide bonds. The van der Waals surface area contributed by atoms with Gasteiger partial charge in [-0.2, -0.15) is 0 Å². The second-order valence-electron chi connectivity index (χ2n) is 4.87. The van der Waals surface area contributed by atoms with E-state index in [9.17, 15) is 13.2 Å². The van der Waals surface area contributed by atoms with Gasteiger partial charge in [-0.15, -0.1) is 11.3 Å². The highest BCUT2D eigenvalue weighted by Crippen LogP contribution is 2.31. The number of thiazole rings is 1. The first kappa shape index (κ1) is 15.4. The topological polar surface area (TPSA) is 87.6 Å². The largest absolute Gasteiger partial charge is 0.476 e. The normalized spacial score (nSPS) is 18.2. The zero-order valence-electron chi connectivity index (χ0n) is 11.3. The maximum absolute atomic E-state index is 12.0. The Morgan fingerprint density at radius 2 is 2.15 bits per heavy atom. The molecular formula is C12H18N2O4S2. The summed E-state index contributed by atoms with van der Waals surface area (Å²) < 4.78 is 25.5. The van der Waals surface area contributed by atoms with Gasteiger partial charge < -0.3 is 5.11 Å². The summed E-state index contributed by atoms with van der Waals surface area (Å²) in [5.74, 6) is -0.658. The molecule has 2 heterocycles. The second-order valence-corrected chi connectivity index (χ2v) is 7.84. The van der Waals surface area contributed by atoms with Crippen molar-refractivity contribution in [3.8, 4) is 0 Å². The molecule has 1 aliphatic heterocycles. The maximum atomic E-state index is 12.0. The average molecular weight is 318 g/mol. The van der Waals surface area contributed by atoms with Crippen LogP contribution in [0.5, 0.6) is 0 Å². The SMILES string of the molecule is CCCS(=O)(=O)N1CCC(c2nc(C(=O)O)cs2)CC1. The molecule has 0 radical (unpaired) electrons. The third-order valence-corrected chi connectivity index (χ3v) is 6.48. The number of hydrogen-bond acceptors (Lipinski definition) is 5. The van der Waals surface area contributed by atoms with Gasteiger partial charge >= 0.3 is 5.97 Å². The zero-order chi connectivity index (χ0) is 14.8. The average Bonchev–Trinajstić information content (AvgIpc) is 2.88. The molecule has 0 unspecified atom stereocenters. The molecule has 6 nitrogen and oxygen atoms in total. The second kappa shape index (κ2) is 6.19. The van der Waals surface area contributed by atoms with Gasteiger partial charge in [0.25, 0.3) is 0 Å². The molecule has 0 saturated carbocycles. The summed E-state index contributed by atoms with van der Waals surface area (Å²) in [6.07, 6.45) is 2.03. The van der Waals surface area contributed by atoms with Gasteiger partial charge in [0, 0.05) is 24.4 Å². The van der Waals surface area contributed by atoms with E-state index < -0.39 is 16.0 Å². The van der Waals surface area contributed by atoms with E-state index in [0.29, 0.717) is 32.4 Å². The molecule has 1 N–H and O–H groups in total. The zero-order valence-corrected chi connectivity index (χ0v) is 12.9. The highest BCUT2D eigenvalue weighted by molar-refractivity contribution is 7.89. The van der Waals surface area contributed by atoms with Crippen molar-refractivity contribution in [1.29, 1.82) is 0 Å². The molecule has 2 rings (SSSR count). The first-order valence-corrected chi connectivity index (χ1v) is 9.09. The molecular weight excluding hydrogens is 300 g/mol. The lowest BCUT2D eigenvalue weighted by molar-refractivity contribution is 0.0691. The summed E-state index contributed by atoms with van der Waals surface area (Å²) in [6.45, 7) is 2.84. The summed E-state index contributed by atoms with van der Waals surface area (Å²) in [5.41, 5.74) is 0.0750. The summed E-state index contributed by atoms with van der Waals surface area (Å²) >= 11 is 1.34.